The molecule has 0 unspecified atom stereocenters. The number of rotatable bonds is 10. The molecule has 1 N–H and O–H groups in total. The standard InChI is InChI=1S/C28H37NO4.ClH/c1-27(2,3)33-25(30)24-16-10-17-28(24,26(31)32)18-11-19-29(20-22-12-6-4-7-13-22)21-23-14-8-5-9-15-23;/h4-9,12-15,24H,10-11,16-21H2,1-3H3,(H,31,32);1H/t24-,28-;/m1./s1. The van der Waals surface area contributed by atoms with E-state index < -0.39 is 22.9 Å². The average Bonchev–Trinajstić information content (AvgIpc) is 3.19. The number of nitrogens with zero attached hydrogens (tertiary/aromatic N) is 1. The molecule has 1 aliphatic rings. The van der Waals surface area contributed by atoms with Gasteiger partial charge >= 0.3 is 11.9 Å². The summed E-state index contributed by atoms with van der Waals surface area (Å²) < 4.78 is 5.60. The third kappa shape index (κ3) is 7.57. The number of carbonyl (C=O) groups is 2. The molecule has 0 aromatic heterocycles. The van der Waals surface area contributed by atoms with Gasteiger partial charge in [-0.1, -0.05) is 67.1 Å². The minimum Gasteiger partial charge on any atom is -0.481 e. The van der Waals surface area contributed by atoms with Crippen LogP contribution in [0.2, 0.25) is 0 Å². The maximum atomic E-state index is 12.9. The minimum absolute atomic E-state index is 0. The number of carboxylic acids is 1. The van der Waals surface area contributed by atoms with Gasteiger partial charge in [0.2, 0.25) is 0 Å². The molecule has 5 nitrogen and oxygen atoms in total. The van der Waals surface area contributed by atoms with E-state index in [9.17, 15) is 14.7 Å². The van der Waals surface area contributed by atoms with Crippen LogP contribution < -0.4 is 0 Å². The topological polar surface area (TPSA) is 66.8 Å². The molecule has 1 saturated carbocycles. The van der Waals surface area contributed by atoms with Crippen molar-refractivity contribution in [2.24, 2.45) is 11.3 Å². The van der Waals surface area contributed by atoms with Gasteiger partial charge in [-0.15, -0.1) is 12.4 Å². The Morgan fingerprint density at radius 2 is 1.53 bits per heavy atom. The smallest absolute Gasteiger partial charge is 0.310 e. The fourth-order valence-electron chi connectivity index (χ4n) is 4.97. The van der Waals surface area contributed by atoms with Crippen molar-refractivity contribution in [3.8, 4) is 0 Å². The van der Waals surface area contributed by atoms with Crippen LogP contribution in [0.5, 0.6) is 0 Å². The number of benzene rings is 2. The molecule has 34 heavy (non-hydrogen) atoms. The summed E-state index contributed by atoms with van der Waals surface area (Å²) in [5.74, 6) is -1.81. The first-order valence-electron chi connectivity index (χ1n) is 12.0. The van der Waals surface area contributed by atoms with Crippen LogP contribution >= 0.6 is 12.4 Å². The second kappa shape index (κ2) is 12.4. The van der Waals surface area contributed by atoms with Crippen LogP contribution in [0.4, 0.5) is 0 Å². The van der Waals surface area contributed by atoms with E-state index in [2.05, 4.69) is 29.2 Å². The number of ether oxygens (including phenoxy) is 1. The Morgan fingerprint density at radius 3 is 2.00 bits per heavy atom. The number of hydrogen-bond acceptors (Lipinski definition) is 4. The van der Waals surface area contributed by atoms with Gasteiger partial charge in [0.15, 0.2) is 0 Å². The second-order valence-electron chi connectivity index (χ2n) is 10.2. The molecule has 0 radical (unpaired) electrons. The van der Waals surface area contributed by atoms with Crippen LogP contribution in [-0.2, 0) is 27.4 Å². The van der Waals surface area contributed by atoms with Gasteiger partial charge in [-0.3, -0.25) is 14.5 Å². The highest BCUT2D eigenvalue weighted by Crippen LogP contribution is 2.48. The summed E-state index contributed by atoms with van der Waals surface area (Å²) in [6.07, 6.45) is 3.05. The highest BCUT2D eigenvalue weighted by atomic mass is 35.5. The van der Waals surface area contributed by atoms with E-state index in [0.717, 1.165) is 26.1 Å². The van der Waals surface area contributed by atoms with E-state index in [1.807, 2.05) is 57.2 Å². The van der Waals surface area contributed by atoms with E-state index in [4.69, 9.17) is 4.74 Å². The Bertz CT molecular complexity index is 872. The summed E-state index contributed by atoms with van der Waals surface area (Å²) in [6.45, 7) is 7.84. The van der Waals surface area contributed by atoms with Crippen molar-refractivity contribution < 1.29 is 19.4 Å². The summed E-state index contributed by atoms with van der Waals surface area (Å²) in [4.78, 5) is 27.7. The monoisotopic (exact) mass is 487 g/mol. The maximum Gasteiger partial charge on any atom is 0.310 e. The van der Waals surface area contributed by atoms with E-state index in [0.29, 0.717) is 25.7 Å². The number of hydrogen-bond donors (Lipinski definition) is 1. The van der Waals surface area contributed by atoms with Gasteiger partial charge in [0.05, 0.1) is 11.3 Å². The van der Waals surface area contributed by atoms with Crippen LogP contribution in [0.15, 0.2) is 60.7 Å². The van der Waals surface area contributed by atoms with Crippen LogP contribution in [0.1, 0.15) is 64.0 Å². The third-order valence-corrected chi connectivity index (χ3v) is 6.50. The third-order valence-electron chi connectivity index (χ3n) is 6.50. The number of esters is 1. The molecule has 0 amide bonds. The van der Waals surface area contributed by atoms with Gasteiger partial charge in [-0.05, 0) is 64.1 Å². The van der Waals surface area contributed by atoms with Crippen molar-refractivity contribution in [2.75, 3.05) is 6.54 Å². The first kappa shape index (κ1) is 27.9. The first-order chi connectivity index (χ1) is 15.7. The van der Waals surface area contributed by atoms with Gasteiger partial charge < -0.3 is 9.84 Å². The fraction of sp³-hybridized carbons (Fsp3) is 0.500. The summed E-state index contributed by atoms with van der Waals surface area (Å²) in [7, 11) is 0. The Labute approximate surface area is 209 Å². The van der Waals surface area contributed by atoms with Crippen molar-refractivity contribution in [3.63, 3.8) is 0 Å². The van der Waals surface area contributed by atoms with Crippen molar-refractivity contribution in [2.45, 2.75) is 71.6 Å². The quantitative estimate of drug-likeness (QED) is 0.410. The maximum absolute atomic E-state index is 12.9. The lowest BCUT2D eigenvalue weighted by Crippen LogP contribution is -2.42. The summed E-state index contributed by atoms with van der Waals surface area (Å²) in [6, 6.07) is 20.7. The van der Waals surface area contributed by atoms with E-state index in [1.54, 1.807) is 0 Å². The molecule has 2 aromatic carbocycles. The Kier molecular flexibility index (Phi) is 10.1. The Morgan fingerprint density at radius 1 is 1.00 bits per heavy atom. The van der Waals surface area contributed by atoms with Crippen molar-refractivity contribution in [1.82, 2.24) is 4.90 Å². The fourth-order valence-corrected chi connectivity index (χ4v) is 4.97. The Balaban J connectivity index is 0.00000408. The Hall–Kier alpha value is -2.37. The predicted molar refractivity (Wildman–Crippen MR) is 137 cm³/mol. The highest BCUT2D eigenvalue weighted by Gasteiger charge is 2.53. The van der Waals surface area contributed by atoms with E-state index >= 15 is 0 Å². The molecule has 1 fully saturated rings. The van der Waals surface area contributed by atoms with Gasteiger partial charge in [0.25, 0.3) is 0 Å². The summed E-state index contributed by atoms with van der Waals surface area (Å²) in [5.41, 5.74) is 0.808. The van der Waals surface area contributed by atoms with Crippen LogP contribution in [0.25, 0.3) is 0 Å². The molecule has 0 bridgehead atoms. The predicted octanol–water partition coefficient (Wildman–Crippen LogP) is 6.10. The van der Waals surface area contributed by atoms with Crippen LogP contribution in [-0.4, -0.2) is 34.1 Å². The lowest BCUT2D eigenvalue weighted by Gasteiger charge is -2.33. The number of halogens is 1. The number of carbonyl (C=O) groups excluding carboxylic acids is 1. The molecule has 6 heteroatoms. The zero-order chi connectivity index (χ0) is 23.9. The van der Waals surface area contributed by atoms with Gasteiger partial charge in [0.1, 0.15) is 5.60 Å². The molecular weight excluding hydrogens is 450 g/mol. The summed E-state index contributed by atoms with van der Waals surface area (Å²) in [5, 5.41) is 10.2. The number of carboxylic acid groups (broad SMARTS) is 1. The lowest BCUT2D eigenvalue weighted by molar-refractivity contribution is -0.172. The summed E-state index contributed by atoms with van der Waals surface area (Å²) >= 11 is 0. The van der Waals surface area contributed by atoms with E-state index in [-0.39, 0.29) is 18.4 Å². The highest BCUT2D eigenvalue weighted by molar-refractivity contribution is 5.85. The first-order valence-corrected chi connectivity index (χ1v) is 12.0. The molecule has 0 saturated heterocycles. The second-order valence-corrected chi connectivity index (χ2v) is 10.2. The molecule has 1 aliphatic carbocycles. The van der Waals surface area contributed by atoms with Gasteiger partial charge in [0, 0.05) is 13.1 Å². The van der Waals surface area contributed by atoms with Crippen LogP contribution in [0, 0.1) is 11.3 Å². The largest absolute Gasteiger partial charge is 0.481 e. The van der Waals surface area contributed by atoms with Crippen molar-refractivity contribution >= 4 is 24.3 Å². The molecule has 0 heterocycles. The molecule has 0 spiro atoms. The van der Waals surface area contributed by atoms with Crippen molar-refractivity contribution in [1.29, 1.82) is 0 Å². The van der Waals surface area contributed by atoms with Crippen molar-refractivity contribution in [3.05, 3.63) is 71.8 Å². The molecule has 2 aromatic rings. The van der Waals surface area contributed by atoms with Crippen LogP contribution in [0.3, 0.4) is 0 Å². The van der Waals surface area contributed by atoms with Gasteiger partial charge in [-0.2, -0.15) is 0 Å². The van der Waals surface area contributed by atoms with E-state index in [1.165, 1.54) is 11.1 Å². The minimum atomic E-state index is -1.03. The molecular formula is C28H38ClNO4. The molecule has 3 rings (SSSR count). The zero-order valence-corrected chi connectivity index (χ0v) is 21.4. The lowest BCUT2D eigenvalue weighted by atomic mass is 9.74. The van der Waals surface area contributed by atoms with Gasteiger partial charge in [-0.25, -0.2) is 0 Å². The SMILES string of the molecule is CC(C)(C)OC(=O)[C@H]1CCC[C@]1(CCCN(Cc1ccccc1)Cc1ccccc1)C(=O)O.Cl. The molecule has 186 valence electrons. The normalized spacial score (nSPS) is 20.1. The number of aliphatic carboxylic acids is 1. The molecule has 2 atom stereocenters. The molecule has 0 aliphatic heterocycles. The average molecular weight is 488 g/mol. The zero-order valence-electron chi connectivity index (χ0n) is 20.5.